The van der Waals surface area contributed by atoms with Crippen molar-refractivity contribution in [3.05, 3.63) is 47.8 Å². The zero-order chi connectivity index (χ0) is 26.6. The average Bonchev–Trinajstić information content (AvgIpc) is 2.90. The largest absolute Gasteiger partial charge is 0.385 e. The molecule has 11 heteroatoms. The summed E-state index contributed by atoms with van der Waals surface area (Å²) in [7, 11) is 0. The number of rotatable bonds is 9. The molecule has 3 atom stereocenters. The van der Waals surface area contributed by atoms with Crippen molar-refractivity contribution >= 4 is 47.2 Å². The Kier molecular flexibility index (Phi) is 8.13. The molecule has 5 N–H and O–H groups in total. The molecule has 3 unspecified atom stereocenters. The summed E-state index contributed by atoms with van der Waals surface area (Å²) in [4.78, 5) is 33.7. The number of carbonyl (C=O) groups is 2. The third-order valence-electron chi connectivity index (χ3n) is 7.08. The molecule has 196 valence electrons. The molecule has 2 fully saturated rings. The van der Waals surface area contributed by atoms with Crippen molar-refractivity contribution in [2.45, 2.75) is 31.8 Å². The molecular formula is C26H33N7O3S. The van der Waals surface area contributed by atoms with Gasteiger partial charge in [0.2, 0.25) is 5.91 Å². The van der Waals surface area contributed by atoms with Crippen molar-refractivity contribution in [3.63, 3.8) is 0 Å². The van der Waals surface area contributed by atoms with Gasteiger partial charge in [-0.1, -0.05) is 24.4 Å². The minimum absolute atomic E-state index is 0.157. The number of amides is 2. The maximum atomic E-state index is 13.0. The number of nitrogens with one attached hydrogen (secondary N) is 3. The second-order valence-electron chi connectivity index (χ2n) is 10.1. The molecule has 37 heavy (non-hydrogen) atoms. The summed E-state index contributed by atoms with van der Waals surface area (Å²) >= 11 is 4.82. The first-order valence-electron chi connectivity index (χ1n) is 12.3. The lowest BCUT2D eigenvalue weighted by Crippen LogP contribution is -2.56. The number of likely N-dealkylation sites (tertiary alicyclic amines) is 1. The molecule has 3 aliphatic rings. The molecule has 10 nitrogen and oxygen atoms in total. The third-order valence-corrected chi connectivity index (χ3v) is 7.38. The molecule has 1 aromatic carbocycles. The lowest BCUT2D eigenvalue weighted by Gasteiger charge is -2.44. The molecule has 2 amide bonds. The Morgan fingerprint density at radius 1 is 1.32 bits per heavy atom. The smallest absolute Gasteiger partial charge is 0.252 e. The van der Waals surface area contributed by atoms with E-state index in [-0.39, 0.29) is 23.4 Å². The van der Waals surface area contributed by atoms with Crippen LogP contribution in [0.1, 0.15) is 35.7 Å². The van der Waals surface area contributed by atoms with Gasteiger partial charge in [-0.3, -0.25) is 9.59 Å². The van der Waals surface area contributed by atoms with Gasteiger partial charge in [-0.15, -0.1) is 0 Å². The summed E-state index contributed by atoms with van der Waals surface area (Å²) in [5, 5.41) is 20.2. The van der Waals surface area contributed by atoms with E-state index in [1.54, 1.807) is 30.5 Å². The summed E-state index contributed by atoms with van der Waals surface area (Å²) in [6.07, 6.45) is 6.47. The Morgan fingerprint density at radius 2 is 2.03 bits per heavy atom. The van der Waals surface area contributed by atoms with Crippen LogP contribution >= 0.6 is 12.2 Å². The van der Waals surface area contributed by atoms with E-state index in [2.05, 4.69) is 10.3 Å². The Morgan fingerprint density at radius 3 is 2.65 bits per heavy atom. The van der Waals surface area contributed by atoms with Crippen molar-refractivity contribution in [2.24, 2.45) is 22.1 Å². The van der Waals surface area contributed by atoms with Crippen LogP contribution in [0.3, 0.4) is 0 Å². The quantitative estimate of drug-likeness (QED) is 0.285. The van der Waals surface area contributed by atoms with Gasteiger partial charge in [0.1, 0.15) is 11.9 Å². The fraction of sp³-hybridized carbons (Fsp3) is 0.462. The van der Waals surface area contributed by atoms with Crippen molar-refractivity contribution < 1.29 is 14.3 Å². The fourth-order valence-corrected chi connectivity index (χ4v) is 5.08. The molecule has 0 bridgehead atoms. The maximum Gasteiger partial charge on any atom is 0.252 e. The number of amidine groups is 1. The van der Waals surface area contributed by atoms with Crippen LogP contribution in [-0.4, -0.2) is 89.7 Å². The van der Waals surface area contributed by atoms with Crippen molar-refractivity contribution in [2.75, 3.05) is 32.8 Å². The van der Waals surface area contributed by atoms with E-state index < -0.39 is 17.5 Å². The molecule has 1 aromatic rings. The first-order valence-corrected chi connectivity index (χ1v) is 12.8. The van der Waals surface area contributed by atoms with E-state index in [0.29, 0.717) is 43.3 Å². The van der Waals surface area contributed by atoms with E-state index >= 15 is 0 Å². The van der Waals surface area contributed by atoms with E-state index in [4.69, 9.17) is 33.5 Å². The van der Waals surface area contributed by atoms with Gasteiger partial charge >= 0.3 is 0 Å². The zero-order valence-electron chi connectivity index (χ0n) is 20.9. The van der Waals surface area contributed by atoms with E-state index in [1.165, 1.54) is 5.37 Å². The highest BCUT2D eigenvalue weighted by molar-refractivity contribution is 7.79. The van der Waals surface area contributed by atoms with Crippen LogP contribution in [0.25, 0.3) is 0 Å². The minimum atomic E-state index is -0.616. The molecular weight excluding hydrogens is 490 g/mol. The van der Waals surface area contributed by atoms with Gasteiger partial charge in [-0.25, -0.2) is 4.99 Å². The number of aliphatic imine (C=N–C) groups is 1. The molecule has 0 radical (unpaired) electrons. The predicted molar refractivity (Wildman–Crippen MR) is 146 cm³/mol. The van der Waals surface area contributed by atoms with Crippen LogP contribution in [0.4, 0.5) is 0 Å². The number of ether oxygens (including phenoxy) is 1. The summed E-state index contributed by atoms with van der Waals surface area (Å²) in [6, 6.07) is 5.52. The van der Waals surface area contributed by atoms with Gasteiger partial charge in [0, 0.05) is 49.2 Å². The minimum Gasteiger partial charge on any atom is -0.385 e. The normalized spacial score (nSPS) is 23.3. The Labute approximate surface area is 221 Å². The van der Waals surface area contributed by atoms with Gasteiger partial charge < -0.3 is 36.4 Å². The van der Waals surface area contributed by atoms with Crippen molar-refractivity contribution in [1.82, 2.24) is 15.1 Å². The van der Waals surface area contributed by atoms with Crippen LogP contribution in [-0.2, 0) is 9.53 Å². The van der Waals surface area contributed by atoms with E-state index in [9.17, 15) is 9.59 Å². The number of piperidine rings is 1. The lowest BCUT2D eigenvalue weighted by atomic mass is 9.85. The van der Waals surface area contributed by atoms with Gasteiger partial charge in [0.05, 0.1) is 30.4 Å². The SMILES string of the molecule is CC1(C(=O)N2CCCC(CN3C=CN=C(N)C3C(=N)c3ccc(C(=O)NC(C=N)C=S)cc3)C2)COC1. The van der Waals surface area contributed by atoms with Crippen LogP contribution in [0.2, 0.25) is 0 Å². The summed E-state index contributed by atoms with van der Waals surface area (Å²) in [5.74, 6) is 0.369. The highest BCUT2D eigenvalue weighted by Gasteiger charge is 2.44. The van der Waals surface area contributed by atoms with Crippen molar-refractivity contribution in [3.8, 4) is 0 Å². The predicted octanol–water partition coefficient (Wildman–Crippen LogP) is 1.59. The lowest BCUT2D eigenvalue weighted by molar-refractivity contribution is -0.170. The van der Waals surface area contributed by atoms with Gasteiger partial charge in [-0.05, 0) is 43.4 Å². The number of thiocarbonyl (C=S) groups is 1. The standard InChI is InChI=1S/C26H33N7O3S/c1-26(15-36-16-26)25(35)33-9-2-3-17(13-33)12-32-10-8-30-23(29)22(32)21(28)18-4-6-19(7-5-18)24(34)31-20(11-27)14-37/h4-8,10-11,14,17,20,22,27-28H,2-3,9,12-13,15-16H2,1H3,(H2,29,30)(H,31,34). The summed E-state index contributed by atoms with van der Waals surface area (Å²) in [6.45, 7) is 4.98. The topological polar surface area (TPSA) is 148 Å². The summed E-state index contributed by atoms with van der Waals surface area (Å²) in [5.41, 5.74) is 7.16. The first-order chi connectivity index (χ1) is 17.8. The highest BCUT2D eigenvalue weighted by atomic mass is 32.1. The molecule has 0 aromatic heterocycles. The highest BCUT2D eigenvalue weighted by Crippen LogP contribution is 2.31. The number of nitrogens with two attached hydrogens (primary N) is 1. The van der Waals surface area contributed by atoms with Gasteiger partial charge in [0.15, 0.2) is 0 Å². The fourth-order valence-electron chi connectivity index (χ4n) is 4.93. The zero-order valence-corrected chi connectivity index (χ0v) is 21.7. The molecule has 4 rings (SSSR count). The summed E-state index contributed by atoms with van der Waals surface area (Å²) < 4.78 is 5.29. The number of hydrogen-bond acceptors (Lipinski definition) is 9. The molecule has 3 aliphatic heterocycles. The molecule has 2 saturated heterocycles. The number of benzene rings is 1. The Bertz CT molecular complexity index is 1120. The van der Waals surface area contributed by atoms with E-state index in [0.717, 1.165) is 25.6 Å². The Hall–Kier alpha value is -3.44. The molecule has 0 spiro atoms. The monoisotopic (exact) mass is 523 g/mol. The number of nitrogens with zero attached hydrogens (tertiary/aromatic N) is 3. The van der Waals surface area contributed by atoms with Crippen LogP contribution < -0.4 is 11.1 Å². The number of hydrogen-bond donors (Lipinski definition) is 4. The van der Waals surface area contributed by atoms with Crippen LogP contribution in [0, 0.1) is 22.2 Å². The van der Waals surface area contributed by atoms with Gasteiger partial charge in [-0.2, -0.15) is 0 Å². The van der Waals surface area contributed by atoms with Gasteiger partial charge in [0.25, 0.3) is 5.91 Å². The van der Waals surface area contributed by atoms with Crippen molar-refractivity contribution in [1.29, 1.82) is 10.8 Å². The second kappa shape index (κ2) is 11.3. The molecule has 3 heterocycles. The number of carbonyl (C=O) groups excluding carboxylic acids is 2. The maximum absolute atomic E-state index is 13.0. The average molecular weight is 524 g/mol. The van der Waals surface area contributed by atoms with E-state index in [1.807, 2.05) is 22.9 Å². The van der Waals surface area contributed by atoms with Crippen LogP contribution in [0.15, 0.2) is 41.7 Å². The first kappa shape index (κ1) is 26.6. The van der Waals surface area contributed by atoms with Crippen LogP contribution in [0.5, 0.6) is 0 Å². The third kappa shape index (κ3) is 5.78. The second-order valence-corrected chi connectivity index (χ2v) is 10.3. The Balaban J connectivity index is 1.43. The molecule has 0 saturated carbocycles. The molecule has 0 aliphatic carbocycles.